The van der Waals surface area contributed by atoms with Gasteiger partial charge in [0.15, 0.2) is 11.0 Å². The summed E-state index contributed by atoms with van der Waals surface area (Å²) in [6.07, 6.45) is 1.68. The molecule has 0 bridgehead atoms. The van der Waals surface area contributed by atoms with Crippen LogP contribution in [0.4, 0.5) is 5.69 Å². The second-order valence-corrected chi connectivity index (χ2v) is 11.2. The maximum atomic E-state index is 13.0. The summed E-state index contributed by atoms with van der Waals surface area (Å²) in [4.78, 5) is 25.6. The van der Waals surface area contributed by atoms with E-state index in [0.717, 1.165) is 0 Å². The van der Waals surface area contributed by atoms with Crippen molar-refractivity contribution in [1.29, 1.82) is 0 Å². The van der Waals surface area contributed by atoms with Gasteiger partial charge in [-0.25, -0.2) is 0 Å². The van der Waals surface area contributed by atoms with Gasteiger partial charge in [0.05, 0.1) is 38.1 Å². The minimum absolute atomic E-state index is 0.00362. The Bertz CT molecular complexity index is 1310. The average molecular weight is 622 g/mol. The van der Waals surface area contributed by atoms with E-state index in [1.165, 1.54) is 30.0 Å². The number of thioether (sulfide) groups is 1. The Morgan fingerprint density at radius 2 is 1.68 bits per heavy atom. The summed E-state index contributed by atoms with van der Waals surface area (Å²) in [5.41, 5.74) is 0.562. The SMILES string of the molecule is C=CCn1c(SCC(=O)Nc2c(Cl)cc(Cl)cc2Cl)nnc1[C@@H](NC(=O)c1ccc(Cl)cc1Cl)C(C)C. The summed E-state index contributed by atoms with van der Waals surface area (Å²) in [5, 5.41) is 16.2. The van der Waals surface area contributed by atoms with Crippen molar-refractivity contribution >= 4 is 87.3 Å². The number of carbonyl (C=O) groups excluding carboxylic acids is 2. The largest absolute Gasteiger partial charge is 0.342 e. The molecule has 0 radical (unpaired) electrons. The highest BCUT2D eigenvalue weighted by molar-refractivity contribution is 7.99. The molecule has 0 saturated heterocycles. The van der Waals surface area contributed by atoms with Gasteiger partial charge in [0, 0.05) is 16.6 Å². The van der Waals surface area contributed by atoms with Crippen LogP contribution in [0.1, 0.15) is 36.1 Å². The van der Waals surface area contributed by atoms with Gasteiger partial charge in [-0.05, 0) is 36.2 Å². The fourth-order valence-corrected chi connectivity index (χ4v) is 5.49. The zero-order valence-corrected chi connectivity index (χ0v) is 24.3. The number of benzene rings is 2. The topological polar surface area (TPSA) is 88.9 Å². The third kappa shape index (κ3) is 7.56. The molecule has 0 spiro atoms. The van der Waals surface area contributed by atoms with E-state index in [1.807, 2.05) is 13.8 Å². The van der Waals surface area contributed by atoms with Gasteiger partial charge >= 0.3 is 0 Å². The van der Waals surface area contributed by atoms with Crippen LogP contribution in [0, 0.1) is 5.92 Å². The lowest BCUT2D eigenvalue weighted by Crippen LogP contribution is -2.34. The molecule has 2 amide bonds. The van der Waals surface area contributed by atoms with Crippen molar-refractivity contribution in [3.63, 3.8) is 0 Å². The zero-order valence-electron chi connectivity index (χ0n) is 19.7. The fourth-order valence-electron chi connectivity index (χ4n) is 3.33. The summed E-state index contributed by atoms with van der Waals surface area (Å²) in [6, 6.07) is 7.14. The first kappa shape index (κ1) is 29.6. The first-order valence-electron chi connectivity index (χ1n) is 10.9. The molecular formula is C24H22Cl5N5O2S. The van der Waals surface area contributed by atoms with Gasteiger partial charge < -0.3 is 15.2 Å². The second kappa shape index (κ2) is 13.2. The summed E-state index contributed by atoms with van der Waals surface area (Å²) in [6.45, 7) is 8.06. The fraction of sp³-hybridized carbons (Fsp3) is 0.250. The van der Waals surface area contributed by atoms with Gasteiger partial charge in [-0.3, -0.25) is 9.59 Å². The Kier molecular flexibility index (Phi) is 10.6. The van der Waals surface area contributed by atoms with Crippen LogP contribution in [0.15, 0.2) is 48.1 Å². The summed E-state index contributed by atoms with van der Waals surface area (Å²) in [5.74, 6) is -0.252. The number of aromatic nitrogens is 3. The van der Waals surface area contributed by atoms with E-state index in [2.05, 4.69) is 27.4 Å². The summed E-state index contributed by atoms with van der Waals surface area (Å²) < 4.78 is 1.79. The molecule has 37 heavy (non-hydrogen) atoms. The van der Waals surface area contributed by atoms with E-state index < -0.39 is 6.04 Å². The van der Waals surface area contributed by atoms with Crippen LogP contribution in [-0.2, 0) is 11.3 Å². The van der Waals surface area contributed by atoms with Crippen LogP contribution in [0.25, 0.3) is 0 Å². The zero-order chi connectivity index (χ0) is 27.3. The Morgan fingerprint density at radius 1 is 1.03 bits per heavy atom. The quantitative estimate of drug-likeness (QED) is 0.180. The molecule has 3 rings (SSSR count). The van der Waals surface area contributed by atoms with Crippen molar-refractivity contribution in [2.75, 3.05) is 11.1 Å². The number of anilines is 1. The van der Waals surface area contributed by atoms with E-state index in [1.54, 1.807) is 22.8 Å². The van der Waals surface area contributed by atoms with Crippen molar-refractivity contribution in [2.45, 2.75) is 31.6 Å². The van der Waals surface area contributed by atoms with Crippen LogP contribution in [0.2, 0.25) is 25.1 Å². The average Bonchev–Trinajstić information content (AvgIpc) is 3.20. The van der Waals surface area contributed by atoms with Crippen molar-refractivity contribution < 1.29 is 9.59 Å². The third-order valence-corrected chi connectivity index (χ3v) is 7.40. The maximum absolute atomic E-state index is 13.0. The molecule has 0 fully saturated rings. The van der Waals surface area contributed by atoms with Gasteiger partial charge in [-0.15, -0.1) is 16.8 Å². The summed E-state index contributed by atoms with van der Waals surface area (Å²) in [7, 11) is 0. The molecule has 196 valence electrons. The van der Waals surface area contributed by atoms with E-state index in [0.29, 0.717) is 27.6 Å². The number of carbonyl (C=O) groups is 2. The Hall–Kier alpha value is -1.94. The van der Waals surface area contributed by atoms with Crippen molar-refractivity contribution in [3.05, 3.63) is 79.5 Å². The molecule has 2 aromatic carbocycles. The predicted octanol–water partition coefficient (Wildman–Crippen LogP) is 7.59. The Balaban J connectivity index is 1.78. The van der Waals surface area contributed by atoms with Gasteiger partial charge in [0.1, 0.15) is 0 Å². The van der Waals surface area contributed by atoms with Gasteiger partial charge in [0.25, 0.3) is 5.91 Å². The lowest BCUT2D eigenvalue weighted by molar-refractivity contribution is -0.113. The molecule has 0 unspecified atom stereocenters. The van der Waals surface area contributed by atoms with Crippen LogP contribution in [-0.4, -0.2) is 32.3 Å². The number of allylic oxidation sites excluding steroid dienone is 1. The van der Waals surface area contributed by atoms with Crippen LogP contribution in [0.3, 0.4) is 0 Å². The number of nitrogens with one attached hydrogen (secondary N) is 2. The minimum Gasteiger partial charge on any atom is -0.342 e. The van der Waals surface area contributed by atoms with Gasteiger partial charge in [-0.1, -0.05) is 89.7 Å². The van der Waals surface area contributed by atoms with E-state index in [4.69, 9.17) is 58.0 Å². The number of hydrogen-bond donors (Lipinski definition) is 2. The molecule has 1 atom stereocenters. The molecule has 2 N–H and O–H groups in total. The molecule has 0 saturated carbocycles. The third-order valence-electron chi connectivity index (χ3n) is 5.07. The van der Waals surface area contributed by atoms with Crippen LogP contribution >= 0.6 is 69.8 Å². The molecule has 1 heterocycles. The Morgan fingerprint density at radius 3 is 2.27 bits per heavy atom. The van der Waals surface area contributed by atoms with Crippen LogP contribution in [0.5, 0.6) is 0 Å². The van der Waals surface area contributed by atoms with E-state index in [-0.39, 0.29) is 49.8 Å². The second-order valence-electron chi connectivity index (χ2n) is 8.14. The molecular weight excluding hydrogens is 600 g/mol. The normalized spacial score (nSPS) is 11.9. The predicted molar refractivity (Wildman–Crippen MR) is 153 cm³/mol. The standard InChI is InChI=1S/C24H22Cl5N5O2S/c1-4-7-34-22(20(12(2)3)31-23(36)15-6-5-13(25)8-16(15)27)32-33-24(34)37-11-19(35)30-21-17(28)9-14(26)10-18(21)29/h4-6,8-10,12,20H,1,7,11H2,2-3H3,(H,30,35)(H,31,36)/t20-/m0/s1. The van der Waals surface area contributed by atoms with Crippen molar-refractivity contribution in [3.8, 4) is 0 Å². The monoisotopic (exact) mass is 619 g/mol. The molecule has 7 nitrogen and oxygen atoms in total. The minimum atomic E-state index is -0.499. The molecule has 13 heteroatoms. The lowest BCUT2D eigenvalue weighted by Gasteiger charge is -2.23. The Labute approximate surface area is 243 Å². The molecule has 0 aliphatic heterocycles. The maximum Gasteiger partial charge on any atom is 0.253 e. The highest BCUT2D eigenvalue weighted by atomic mass is 35.5. The number of nitrogens with zero attached hydrogens (tertiary/aromatic N) is 3. The van der Waals surface area contributed by atoms with Crippen molar-refractivity contribution in [1.82, 2.24) is 20.1 Å². The molecule has 3 aromatic rings. The van der Waals surface area contributed by atoms with Crippen LogP contribution < -0.4 is 10.6 Å². The number of hydrogen-bond acceptors (Lipinski definition) is 5. The number of rotatable bonds is 10. The smallest absolute Gasteiger partial charge is 0.253 e. The van der Waals surface area contributed by atoms with Gasteiger partial charge in [0.2, 0.25) is 5.91 Å². The molecule has 1 aromatic heterocycles. The highest BCUT2D eigenvalue weighted by Crippen LogP contribution is 2.34. The highest BCUT2D eigenvalue weighted by Gasteiger charge is 2.27. The molecule has 0 aliphatic rings. The van der Waals surface area contributed by atoms with Gasteiger partial charge in [-0.2, -0.15) is 0 Å². The number of halogens is 5. The lowest BCUT2D eigenvalue weighted by atomic mass is 10.0. The number of amides is 2. The summed E-state index contributed by atoms with van der Waals surface area (Å²) >= 11 is 31.6. The first-order valence-corrected chi connectivity index (χ1v) is 13.8. The van der Waals surface area contributed by atoms with E-state index in [9.17, 15) is 9.59 Å². The van der Waals surface area contributed by atoms with Crippen molar-refractivity contribution in [2.24, 2.45) is 5.92 Å². The molecule has 0 aliphatic carbocycles. The van der Waals surface area contributed by atoms with E-state index >= 15 is 0 Å². The first-order chi connectivity index (χ1) is 17.5.